The number of nitrogens with zero attached hydrogens (tertiary/aromatic N) is 3. The molecule has 0 aliphatic rings. The van der Waals surface area contributed by atoms with E-state index in [0.29, 0.717) is 6.54 Å². The van der Waals surface area contributed by atoms with Crippen molar-refractivity contribution < 1.29 is 5.11 Å². The molecule has 0 aliphatic carbocycles. The highest BCUT2D eigenvalue weighted by Gasteiger charge is 2.07. The lowest BCUT2D eigenvalue weighted by molar-refractivity contribution is 0.200. The summed E-state index contributed by atoms with van der Waals surface area (Å²) in [5.41, 5.74) is 0. The van der Waals surface area contributed by atoms with E-state index in [1.54, 1.807) is 13.1 Å². The predicted octanol–water partition coefficient (Wildman–Crippen LogP) is 0.684. The van der Waals surface area contributed by atoms with E-state index in [2.05, 4.69) is 10.2 Å². The Morgan fingerprint density at radius 3 is 2.85 bits per heavy atom. The molecule has 0 spiro atoms. The fourth-order valence-corrected chi connectivity index (χ4v) is 1.17. The Hall–Kier alpha value is -1.16. The van der Waals surface area contributed by atoms with Crippen molar-refractivity contribution in [2.75, 3.05) is 18.0 Å². The Morgan fingerprint density at radius 1 is 1.62 bits per heavy atom. The van der Waals surface area contributed by atoms with E-state index in [9.17, 15) is 5.11 Å². The van der Waals surface area contributed by atoms with E-state index < -0.39 is 0 Å². The number of rotatable bonds is 4. The zero-order valence-corrected chi connectivity index (χ0v) is 8.01. The van der Waals surface area contributed by atoms with Crippen LogP contribution in [0.1, 0.15) is 13.8 Å². The summed E-state index contributed by atoms with van der Waals surface area (Å²) in [6.07, 6.45) is 1.29. The smallest absolute Gasteiger partial charge is 0.151 e. The van der Waals surface area contributed by atoms with Gasteiger partial charge in [-0.1, -0.05) is 0 Å². The molecule has 1 rings (SSSR count). The van der Waals surface area contributed by atoms with Crippen LogP contribution in [0.15, 0.2) is 18.3 Å². The van der Waals surface area contributed by atoms with Gasteiger partial charge in [-0.25, -0.2) is 0 Å². The Morgan fingerprint density at radius 2 is 2.38 bits per heavy atom. The van der Waals surface area contributed by atoms with Crippen LogP contribution in [0.2, 0.25) is 0 Å². The number of anilines is 1. The number of aromatic nitrogens is 2. The van der Waals surface area contributed by atoms with Crippen molar-refractivity contribution in [3.63, 3.8) is 0 Å². The number of hydrogen-bond donors (Lipinski definition) is 1. The van der Waals surface area contributed by atoms with Crippen molar-refractivity contribution in [3.05, 3.63) is 18.3 Å². The maximum atomic E-state index is 9.23. The van der Waals surface area contributed by atoms with Crippen molar-refractivity contribution in [2.24, 2.45) is 0 Å². The van der Waals surface area contributed by atoms with Crippen molar-refractivity contribution in [2.45, 2.75) is 20.0 Å². The van der Waals surface area contributed by atoms with Gasteiger partial charge >= 0.3 is 0 Å². The molecule has 0 amide bonds. The minimum Gasteiger partial charge on any atom is -0.392 e. The van der Waals surface area contributed by atoms with Gasteiger partial charge in [-0.15, -0.1) is 5.10 Å². The lowest BCUT2D eigenvalue weighted by Crippen LogP contribution is -2.31. The zero-order chi connectivity index (χ0) is 9.68. The number of aliphatic hydroxyl groups is 1. The van der Waals surface area contributed by atoms with Crippen molar-refractivity contribution in [3.8, 4) is 0 Å². The summed E-state index contributed by atoms with van der Waals surface area (Å²) in [5, 5.41) is 17.0. The predicted molar refractivity (Wildman–Crippen MR) is 51.6 cm³/mol. The Balaban J connectivity index is 2.67. The molecule has 0 aromatic carbocycles. The van der Waals surface area contributed by atoms with Gasteiger partial charge in [-0.2, -0.15) is 5.10 Å². The SMILES string of the molecule is CCN(CC(C)O)c1cccnn1. The van der Waals surface area contributed by atoms with Crippen LogP contribution in [-0.4, -0.2) is 34.5 Å². The molecule has 0 aliphatic heterocycles. The minimum absolute atomic E-state index is 0.345. The molecule has 0 radical (unpaired) electrons. The minimum atomic E-state index is -0.345. The van der Waals surface area contributed by atoms with Gasteiger partial charge in [0.15, 0.2) is 5.82 Å². The first-order valence-electron chi connectivity index (χ1n) is 4.44. The second kappa shape index (κ2) is 4.77. The Labute approximate surface area is 78.2 Å². The normalized spacial score (nSPS) is 12.5. The maximum absolute atomic E-state index is 9.23. The average Bonchev–Trinajstić information content (AvgIpc) is 2.15. The highest BCUT2D eigenvalue weighted by molar-refractivity contribution is 5.35. The monoisotopic (exact) mass is 181 g/mol. The molecule has 72 valence electrons. The third-order valence-electron chi connectivity index (χ3n) is 1.75. The molecule has 1 aromatic rings. The average molecular weight is 181 g/mol. The fourth-order valence-electron chi connectivity index (χ4n) is 1.17. The van der Waals surface area contributed by atoms with E-state index in [-0.39, 0.29) is 6.10 Å². The van der Waals surface area contributed by atoms with Crippen molar-refractivity contribution in [1.29, 1.82) is 0 Å². The molecule has 1 atom stereocenters. The molecule has 0 saturated carbocycles. The molecule has 1 aromatic heterocycles. The van der Waals surface area contributed by atoms with Crippen LogP contribution in [-0.2, 0) is 0 Å². The third kappa shape index (κ3) is 2.99. The summed E-state index contributed by atoms with van der Waals surface area (Å²) in [6.45, 7) is 5.20. The maximum Gasteiger partial charge on any atom is 0.151 e. The van der Waals surface area contributed by atoms with E-state index in [1.165, 1.54) is 0 Å². The first-order valence-corrected chi connectivity index (χ1v) is 4.44. The topological polar surface area (TPSA) is 49.2 Å². The Bertz CT molecular complexity index is 238. The molecule has 0 saturated heterocycles. The van der Waals surface area contributed by atoms with Crippen molar-refractivity contribution in [1.82, 2.24) is 10.2 Å². The molecule has 4 nitrogen and oxygen atoms in total. The fraction of sp³-hybridized carbons (Fsp3) is 0.556. The molecule has 0 fully saturated rings. The zero-order valence-electron chi connectivity index (χ0n) is 8.01. The van der Waals surface area contributed by atoms with Crippen molar-refractivity contribution >= 4 is 5.82 Å². The second-order valence-electron chi connectivity index (χ2n) is 2.97. The number of likely N-dealkylation sites (N-methyl/N-ethyl adjacent to an activating group) is 1. The quantitative estimate of drug-likeness (QED) is 0.742. The Kier molecular flexibility index (Phi) is 3.64. The summed E-state index contributed by atoms with van der Waals surface area (Å²) >= 11 is 0. The first kappa shape index (κ1) is 9.92. The van der Waals surface area contributed by atoms with Crippen LogP contribution in [0.5, 0.6) is 0 Å². The first-order chi connectivity index (χ1) is 6.24. The highest BCUT2D eigenvalue weighted by Crippen LogP contribution is 2.07. The van der Waals surface area contributed by atoms with Crippen LogP contribution in [0.3, 0.4) is 0 Å². The van der Waals surface area contributed by atoms with Gasteiger partial charge in [0, 0.05) is 19.3 Å². The summed E-state index contributed by atoms with van der Waals surface area (Å²) in [6, 6.07) is 3.73. The highest BCUT2D eigenvalue weighted by atomic mass is 16.3. The van der Waals surface area contributed by atoms with Gasteiger partial charge in [0.2, 0.25) is 0 Å². The summed E-state index contributed by atoms with van der Waals surface area (Å²) in [4.78, 5) is 1.98. The molecule has 1 heterocycles. The van der Waals surface area contributed by atoms with Gasteiger partial charge in [0.25, 0.3) is 0 Å². The summed E-state index contributed by atoms with van der Waals surface area (Å²) in [7, 11) is 0. The molecule has 4 heteroatoms. The van der Waals surface area contributed by atoms with Gasteiger partial charge in [-0.3, -0.25) is 0 Å². The number of hydrogen-bond acceptors (Lipinski definition) is 4. The third-order valence-corrected chi connectivity index (χ3v) is 1.75. The molecular weight excluding hydrogens is 166 g/mol. The molecule has 0 bridgehead atoms. The lowest BCUT2D eigenvalue weighted by atomic mass is 10.3. The van der Waals surface area contributed by atoms with Crippen LogP contribution in [0, 0.1) is 0 Å². The largest absolute Gasteiger partial charge is 0.392 e. The van der Waals surface area contributed by atoms with Crippen LogP contribution < -0.4 is 4.90 Å². The van der Waals surface area contributed by atoms with E-state index in [1.807, 2.05) is 24.0 Å². The van der Waals surface area contributed by atoms with Crippen LogP contribution in [0.25, 0.3) is 0 Å². The standard InChI is InChI=1S/C9H15N3O/c1-3-12(7-8(2)13)9-5-4-6-10-11-9/h4-6,8,13H,3,7H2,1-2H3. The van der Waals surface area contributed by atoms with E-state index >= 15 is 0 Å². The van der Waals surface area contributed by atoms with E-state index in [0.717, 1.165) is 12.4 Å². The van der Waals surface area contributed by atoms with Gasteiger partial charge in [-0.05, 0) is 26.0 Å². The molecule has 1 unspecified atom stereocenters. The van der Waals surface area contributed by atoms with Gasteiger partial charge in [0.05, 0.1) is 6.10 Å². The van der Waals surface area contributed by atoms with Crippen LogP contribution >= 0.6 is 0 Å². The van der Waals surface area contributed by atoms with Gasteiger partial charge < -0.3 is 10.0 Å². The van der Waals surface area contributed by atoms with Crippen LogP contribution in [0.4, 0.5) is 5.82 Å². The summed E-state index contributed by atoms with van der Waals surface area (Å²) < 4.78 is 0. The summed E-state index contributed by atoms with van der Waals surface area (Å²) in [5.74, 6) is 0.811. The lowest BCUT2D eigenvalue weighted by Gasteiger charge is -2.22. The van der Waals surface area contributed by atoms with E-state index in [4.69, 9.17) is 0 Å². The second-order valence-corrected chi connectivity index (χ2v) is 2.97. The molecular formula is C9H15N3O. The van der Waals surface area contributed by atoms with Gasteiger partial charge in [0.1, 0.15) is 0 Å². The molecule has 13 heavy (non-hydrogen) atoms. The number of aliphatic hydroxyl groups excluding tert-OH is 1. The molecule has 1 N–H and O–H groups in total.